The highest BCUT2D eigenvalue weighted by molar-refractivity contribution is 6.05. The fraction of sp³-hybridized carbons (Fsp3) is 0.385. The first-order chi connectivity index (χ1) is 16.9. The van der Waals surface area contributed by atoms with Crippen molar-refractivity contribution >= 4 is 29.1 Å². The summed E-state index contributed by atoms with van der Waals surface area (Å²) in [6.07, 6.45) is 0.460. The second-order valence-electron chi connectivity index (χ2n) is 9.30. The number of amides is 3. The Kier molecular flexibility index (Phi) is 5.99. The van der Waals surface area contributed by atoms with Gasteiger partial charge in [0.25, 0.3) is 5.91 Å². The zero-order chi connectivity index (χ0) is 24.7. The van der Waals surface area contributed by atoms with E-state index in [4.69, 9.17) is 6.57 Å². The van der Waals surface area contributed by atoms with Crippen LogP contribution in [0.25, 0.3) is 4.85 Å². The van der Waals surface area contributed by atoms with Gasteiger partial charge in [-0.1, -0.05) is 18.2 Å². The Hall–Kier alpha value is -3.77. The van der Waals surface area contributed by atoms with Gasteiger partial charge in [0.2, 0.25) is 11.8 Å². The number of piperidine rings is 1. The molecule has 3 aliphatic heterocycles. The molecule has 2 aromatic rings. The van der Waals surface area contributed by atoms with E-state index in [1.54, 1.807) is 6.07 Å². The van der Waals surface area contributed by atoms with Gasteiger partial charge in [-0.3, -0.25) is 24.6 Å². The van der Waals surface area contributed by atoms with Crippen molar-refractivity contribution in [3.8, 4) is 0 Å². The lowest BCUT2D eigenvalue weighted by atomic mass is 10.0. The molecule has 9 heteroatoms. The van der Waals surface area contributed by atoms with Crippen LogP contribution in [-0.2, 0) is 22.7 Å². The van der Waals surface area contributed by atoms with Crippen molar-refractivity contribution in [1.82, 2.24) is 15.1 Å². The third-order valence-electron chi connectivity index (χ3n) is 7.24. The van der Waals surface area contributed by atoms with E-state index in [9.17, 15) is 14.4 Å². The van der Waals surface area contributed by atoms with Gasteiger partial charge in [-0.05, 0) is 42.2 Å². The molecule has 180 valence electrons. The van der Waals surface area contributed by atoms with Crippen LogP contribution in [0, 0.1) is 19.3 Å². The molecule has 2 saturated heterocycles. The summed E-state index contributed by atoms with van der Waals surface area (Å²) in [6.45, 7) is 13.0. The predicted molar refractivity (Wildman–Crippen MR) is 127 cm³/mol. The van der Waals surface area contributed by atoms with Crippen molar-refractivity contribution in [3.63, 3.8) is 0 Å². The molecule has 3 aliphatic rings. The summed E-state index contributed by atoms with van der Waals surface area (Å²) >= 11 is 0. The maximum atomic E-state index is 15.1. The molecule has 2 fully saturated rings. The summed E-state index contributed by atoms with van der Waals surface area (Å²) in [6, 6.07) is 8.07. The predicted octanol–water partition coefficient (Wildman–Crippen LogP) is 2.77. The fourth-order valence-corrected chi connectivity index (χ4v) is 5.17. The first-order valence-corrected chi connectivity index (χ1v) is 11.8. The van der Waals surface area contributed by atoms with Gasteiger partial charge in [0.1, 0.15) is 11.9 Å². The van der Waals surface area contributed by atoms with Gasteiger partial charge in [0.15, 0.2) is 5.69 Å². The van der Waals surface area contributed by atoms with Crippen LogP contribution in [0.1, 0.15) is 39.9 Å². The van der Waals surface area contributed by atoms with E-state index < -0.39 is 17.8 Å². The Bertz CT molecular complexity index is 1260. The molecule has 0 aromatic heterocycles. The Balaban J connectivity index is 1.27. The molecule has 0 saturated carbocycles. The minimum absolute atomic E-state index is 0.183. The number of piperazine rings is 1. The summed E-state index contributed by atoms with van der Waals surface area (Å²) in [7, 11) is 0. The number of carbonyl (C=O) groups excluding carboxylic acids is 3. The minimum atomic E-state index is -0.715. The van der Waals surface area contributed by atoms with Crippen molar-refractivity contribution in [1.29, 1.82) is 0 Å². The van der Waals surface area contributed by atoms with Gasteiger partial charge >= 0.3 is 0 Å². The molecular weight excluding hydrogens is 449 g/mol. The zero-order valence-corrected chi connectivity index (χ0v) is 19.5. The summed E-state index contributed by atoms with van der Waals surface area (Å²) in [5.41, 5.74) is 4.24. The smallest absolute Gasteiger partial charge is 0.255 e. The number of fused-ring (bicyclic) bond motifs is 1. The Morgan fingerprint density at radius 2 is 1.91 bits per heavy atom. The van der Waals surface area contributed by atoms with Crippen LogP contribution < -0.4 is 10.2 Å². The van der Waals surface area contributed by atoms with E-state index in [-0.39, 0.29) is 36.8 Å². The molecule has 1 atom stereocenters. The molecule has 8 nitrogen and oxygen atoms in total. The molecule has 5 rings (SSSR count). The number of imide groups is 1. The van der Waals surface area contributed by atoms with Crippen LogP contribution in [0.4, 0.5) is 15.8 Å². The van der Waals surface area contributed by atoms with E-state index in [2.05, 4.69) is 15.1 Å². The van der Waals surface area contributed by atoms with E-state index in [0.29, 0.717) is 30.0 Å². The monoisotopic (exact) mass is 475 g/mol. The Labute approximate surface area is 203 Å². The number of anilines is 1. The lowest BCUT2D eigenvalue weighted by Crippen LogP contribution is -2.52. The maximum absolute atomic E-state index is 15.1. The van der Waals surface area contributed by atoms with E-state index >= 15 is 4.39 Å². The van der Waals surface area contributed by atoms with E-state index in [1.807, 2.05) is 30.0 Å². The van der Waals surface area contributed by atoms with Crippen LogP contribution >= 0.6 is 0 Å². The highest BCUT2D eigenvalue weighted by atomic mass is 19.1. The van der Waals surface area contributed by atoms with Crippen LogP contribution in [0.2, 0.25) is 0 Å². The van der Waals surface area contributed by atoms with Crippen molar-refractivity contribution < 1.29 is 18.8 Å². The number of hydrogen-bond donors (Lipinski definition) is 1. The summed E-state index contributed by atoms with van der Waals surface area (Å²) in [4.78, 5) is 45.9. The maximum Gasteiger partial charge on any atom is 0.255 e. The molecule has 2 aromatic carbocycles. The third kappa shape index (κ3) is 4.26. The van der Waals surface area contributed by atoms with Crippen LogP contribution in [0.5, 0.6) is 0 Å². The average Bonchev–Trinajstić information content (AvgIpc) is 3.15. The van der Waals surface area contributed by atoms with Gasteiger partial charge in [0, 0.05) is 51.3 Å². The number of carbonyl (C=O) groups is 3. The number of rotatable bonds is 4. The van der Waals surface area contributed by atoms with E-state index in [1.165, 1.54) is 11.0 Å². The first-order valence-electron chi connectivity index (χ1n) is 11.8. The normalized spacial score (nSPS) is 20.6. The Morgan fingerprint density at radius 1 is 1.14 bits per heavy atom. The van der Waals surface area contributed by atoms with Gasteiger partial charge < -0.3 is 9.80 Å². The molecule has 3 heterocycles. The van der Waals surface area contributed by atoms with Gasteiger partial charge in [-0.2, -0.15) is 0 Å². The average molecular weight is 476 g/mol. The van der Waals surface area contributed by atoms with Crippen LogP contribution in [0.15, 0.2) is 30.3 Å². The van der Waals surface area contributed by atoms with Crippen molar-refractivity contribution in [3.05, 3.63) is 69.8 Å². The molecule has 0 spiro atoms. The zero-order valence-electron chi connectivity index (χ0n) is 19.5. The van der Waals surface area contributed by atoms with Crippen molar-refractivity contribution in [2.24, 2.45) is 0 Å². The second-order valence-corrected chi connectivity index (χ2v) is 9.30. The summed E-state index contributed by atoms with van der Waals surface area (Å²) < 4.78 is 15.1. The minimum Gasteiger partial charge on any atom is -0.367 e. The molecule has 1 unspecified atom stereocenters. The van der Waals surface area contributed by atoms with Gasteiger partial charge in [-0.25, -0.2) is 9.24 Å². The second kappa shape index (κ2) is 9.12. The molecular formula is C26H26FN5O3. The molecule has 35 heavy (non-hydrogen) atoms. The van der Waals surface area contributed by atoms with E-state index in [0.717, 1.165) is 30.8 Å². The highest BCUT2D eigenvalue weighted by Gasteiger charge is 2.40. The fourth-order valence-electron chi connectivity index (χ4n) is 5.17. The largest absolute Gasteiger partial charge is 0.367 e. The van der Waals surface area contributed by atoms with Crippen LogP contribution in [-0.4, -0.2) is 59.7 Å². The molecule has 3 amide bonds. The van der Waals surface area contributed by atoms with Crippen LogP contribution in [0.3, 0.4) is 0 Å². The summed E-state index contributed by atoms with van der Waals surface area (Å²) in [5, 5.41) is 2.29. The lowest BCUT2D eigenvalue weighted by Gasteiger charge is -2.36. The van der Waals surface area contributed by atoms with Crippen molar-refractivity contribution in [2.45, 2.75) is 38.9 Å². The quantitative estimate of drug-likeness (QED) is 0.544. The SMILES string of the molecule is [C-]#[N+]c1cccc(CN2CCN(c3cc4c(cc3F)C(=O)N(C3CCC(=O)NC3=O)C4)CC2)c1C. The van der Waals surface area contributed by atoms with Crippen molar-refractivity contribution in [2.75, 3.05) is 31.1 Å². The molecule has 0 bridgehead atoms. The number of nitrogens with one attached hydrogen (secondary N) is 1. The standard InChI is InChI=1S/C26H26FN5O3/c1-16-17(4-3-5-21(16)28-2)14-30-8-10-31(11-9-30)23-12-18-15-32(26(35)19(18)13-20(23)27)22-6-7-24(33)29-25(22)34/h3-5,12-13,22H,6-11,14-15H2,1H3,(H,29,33,34). The number of benzene rings is 2. The topological polar surface area (TPSA) is 77.3 Å². The van der Waals surface area contributed by atoms with Gasteiger partial charge in [-0.15, -0.1) is 0 Å². The number of hydrogen-bond acceptors (Lipinski definition) is 5. The van der Waals surface area contributed by atoms with Gasteiger partial charge in [0.05, 0.1) is 12.3 Å². The summed E-state index contributed by atoms with van der Waals surface area (Å²) in [5.74, 6) is -1.63. The first kappa shape index (κ1) is 23.0. The number of nitrogens with zero attached hydrogens (tertiary/aromatic N) is 4. The molecule has 0 radical (unpaired) electrons. The third-order valence-corrected chi connectivity index (χ3v) is 7.24. The highest BCUT2D eigenvalue weighted by Crippen LogP contribution is 2.33. The lowest BCUT2D eigenvalue weighted by molar-refractivity contribution is -0.136. The molecule has 1 N–H and O–H groups in total. The molecule has 0 aliphatic carbocycles. The number of halogens is 1. The Morgan fingerprint density at radius 3 is 2.63 bits per heavy atom.